The van der Waals surface area contributed by atoms with Crippen LogP contribution in [0.3, 0.4) is 0 Å². The number of nitrogens with zero attached hydrogens (tertiary/aromatic N) is 1. The van der Waals surface area contributed by atoms with Gasteiger partial charge in [-0.15, -0.1) is 0 Å². The highest BCUT2D eigenvalue weighted by molar-refractivity contribution is 7.89. The molecule has 1 aromatic rings. The fourth-order valence-corrected chi connectivity index (χ4v) is 3.47. The number of halogens is 2. The molecule has 138 valence electrons. The van der Waals surface area contributed by atoms with Gasteiger partial charge >= 0.3 is 12.0 Å². The van der Waals surface area contributed by atoms with Gasteiger partial charge in [0.15, 0.2) is 0 Å². The van der Waals surface area contributed by atoms with Crippen LogP contribution in [0.4, 0.5) is 13.6 Å². The third-order valence-corrected chi connectivity index (χ3v) is 5.20. The first-order valence-electron chi connectivity index (χ1n) is 7.41. The lowest BCUT2D eigenvalue weighted by Gasteiger charge is -2.16. The van der Waals surface area contributed by atoms with Crippen LogP contribution in [-0.2, 0) is 14.8 Å². The van der Waals surface area contributed by atoms with E-state index in [1.807, 2.05) is 0 Å². The third-order valence-electron chi connectivity index (χ3n) is 3.70. The molecule has 0 radical (unpaired) electrons. The first kappa shape index (κ1) is 19.1. The lowest BCUT2D eigenvalue weighted by molar-refractivity contribution is -0.141. The standard InChI is InChI=1S/C14H17F2N3O5S/c15-10-1-2-12(11(16)7-10)25(23,24)18-5-4-17-14(22)19-6-3-9(8-19)13(20)21/h1-2,7,9,18H,3-6,8H2,(H,17,22)(H,20,21). The average molecular weight is 377 g/mol. The van der Waals surface area contributed by atoms with Gasteiger partial charge in [-0.05, 0) is 18.6 Å². The number of amides is 2. The Bertz CT molecular complexity index is 772. The van der Waals surface area contributed by atoms with Crippen LogP contribution in [0.25, 0.3) is 0 Å². The zero-order chi connectivity index (χ0) is 18.6. The lowest BCUT2D eigenvalue weighted by Crippen LogP contribution is -2.42. The SMILES string of the molecule is O=C(O)C1CCN(C(=O)NCCNS(=O)(=O)c2ccc(F)cc2F)C1. The fraction of sp³-hybridized carbons (Fsp3) is 0.429. The van der Waals surface area contributed by atoms with Crippen molar-refractivity contribution in [3.63, 3.8) is 0 Å². The maximum absolute atomic E-state index is 13.5. The molecule has 11 heteroatoms. The van der Waals surface area contributed by atoms with Crippen LogP contribution in [0.5, 0.6) is 0 Å². The van der Waals surface area contributed by atoms with E-state index in [9.17, 15) is 26.8 Å². The van der Waals surface area contributed by atoms with Gasteiger partial charge in [-0.1, -0.05) is 0 Å². The average Bonchev–Trinajstić information content (AvgIpc) is 3.01. The maximum Gasteiger partial charge on any atom is 0.317 e. The van der Waals surface area contributed by atoms with Crippen LogP contribution in [-0.4, -0.2) is 56.6 Å². The fourth-order valence-electron chi connectivity index (χ4n) is 2.38. The molecular weight excluding hydrogens is 360 g/mol. The zero-order valence-corrected chi connectivity index (χ0v) is 13.9. The number of hydrogen-bond acceptors (Lipinski definition) is 4. The number of carbonyl (C=O) groups excluding carboxylic acids is 1. The molecule has 1 fully saturated rings. The van der Waals surface area contributed by atoms with Crippen molar-refractivity contribution in [2.24, 2.45) is 5.92 Å². The summed E-state index contributed by atoms with van der Waals surface area (Å²) in [5, 5.41) is 11.3. The van der Waals surface area contributed by atoms with E-state index in [0.717, 1.165) is 12.1 Å². The van der Waals surface area contributed by atoms with Gasteiger partial charge in [0, 0.05) is 32.2 Å². The van der Waals surface area contributed by atoms with E-state index in [-0.39, 0.29) is 19.6 Å². The second-order valence-corrected chi connectivity index (χ2v) is 7.21. The summed E-state index contributed by atoms with van der Waals surface area (Å²) in [6.45, 7) is 0.110. The molecule has 3 N–H and O–H groups in total. The predicted molar refractivity (Wildman–Crippen MR) is 82.3 cm³/mol. The summed E-state index contributed by atoms with van der Waals surface area (Å²) in [5.74, 6) is -3.68. The number of nitrogens with one attached hydrogen (secondary N) is 2. The molecule has 8 nitrogen and oxygen atoms in total. The highest BCUT2D eigenvalue weighted by Gasteiger charge is 2.30. The minimum absolute atomic E-state index is 0.0743. The summed E-state index contributed by atoms with van der Waals surface area (Å²) in [5.41, 5.74) is 0. The van der Waals surface area contributed by atoms with Gasteiger partial charge < -0.3 is 15.3 Å². The minimum Gasteiger partial charge on any atom is -0.481 e. The lowest BCUT2D eigenvalue weighted by atomic mass is 10.1. The molecule has 1 saturated heterocycles. The number of carboxylic acids is 1. The second-order valence-electron chi connectivity index (χ2n) is 5.47. The highest BCUT2D eigenvalue weighted by atomic mass is 32.2. The number of carbonyl (C=O) groups is 2. The summed E-state index contributed by atoms with van der Waals surface area (Å²) in [6.07, 6.45) is 0.360. The Kier molecular flexibility index (Phi) is 5.90. The first-order chi connectivity index (χ1) is 11.7. The zero-order valence-electron chi connectivity index (χ0n) is 13.0. The van der Waals surface area contributed by atoms with E-state index in [1.54, 1.807) is 0 Å². The van der Waals surface area contributed by atoms with Crippen molar-refractivity contribution in [3.8, 4) is 0 Å². The molecule has 0 aliphatic carbocycles. The van der Waals surface area contributed by atoms with Gasteiger partial charge in [0.1, 0.15) is 16.5 Å². The van der Waals surface area contributed by atoms with Gasteiger partial charge in [0.05, 0.1) is 5.92 Å². The van der Waals surface area contributed by atoms with Gasteiger partial charge in [-0.2, -0.15) is 0 Å². The van der Waals surface area contributed by atoms with Gasteiger partial charge in [0.25, 0.3) is 0 Å². The van der Waals surface area contributed by atoms with Gasteiger partial charge in [0.2, 0.25) is 10.0 Å². The Hall–Kier alpha value is -2.27. The molecule has 25 heavy (non-hydrogen) atoms. The third kappa shape index (κ3) is 4.86. The number of carboxylic acid groups (broad SMARTS) is 1. The van der Waals surface area contributed by atoms with Crippen LogP contribution in [0.2, 0.25) is 0 Å². The predicted octanol–water partition coefficient (Wildman–Crippen LogP) is 0.359. The second kappa shape index (κ2) is 7.74. The smallest absolute Gasteiger partial charge is 0.317 e. The van der Waals surface area contributed by atoms with Crippen LogP contribution >= 0.6 is 0 Å². The van der Waals surface area contributed by atoms with Crippen LogP contribution in [0.1, 0.15) is 6.42 Å². The normalized spacial score (nSPS) is 17.5. The Morgan fingerprint density at radius 2 is 2.00 bits per heavy atom. The number of rotatable bonds is 6. The molecule has 1 heterocycles. The van der Waals surface area contributed by atoms with E-state index in [4.69, 9.17) is 5.11 Å². The van der Waals surface area contributed by atoms with Crippen LogP contribution in [0, 0.1) is 17.6 Å². The summed E-state index contributed by atoms with van der Waals surface area (Å²) >= 11 is 0. The van der Waals surface area contributed by atoms with Gasteiger partial charge in [-0.3, -0.25) is 4.79 Å². The minimum atomic E-state index is -4.18. The van der Waals surface area contributed by atoms with Crippen molar-refractivity contribution >= 4 is 22.0 Å². The molecule has 1 aliphatic rings. The summed E-state index contributed by atoms with van der Waals surface area (Å²) < 4.78 is 52.3. The first-order valence-corrected chi connectivity index (χ1v) is 8.89. The summed E-state index contributed by atoms with van der Waals surface area (Å²) in [4.78, 5) is 23.3. The molecule has 0 aromatic heterocycles. The van der Waals surface area contributed by atoms with E-state index in [0.29, 0.717) is 19.0 Å². The van der Waals surface area contributed by atoms with E-state index in [1.165, 1.54) is 4.90 Å². The molecule has 1 aliphatic heterocycles. The Labute approximate surface area is 142 Å². The number of hydrogen-bond donors (Lipinski definition) is 3. The Morgan fingerprint density at radius 1 is 1.28 bits per heavy atom. The molecule has 0 bridgehead atoms. The molecule has 1 unspecified atom stereocenters. The van der Waals surface area contributed by atoms with Gasteiger partial charge in [-0.25, -0.2) is 26.7 Å². The molecule has 1 aromatic carbocycles. The maximum atomic E-state index is 13.5. The molecule has 2 amide bonds. The number of likely N-dealkylation sites (tertiary alicyclic amines) is 1. The van der Waals surface area contributed by atoms with Crippen molar-refractivity contribution in [1.82, 2.24) is 14.9 Å². The monoisotopic (exact) mass is 377 g/mol. The molecular formula is C14H17F2N3O5S. The number of sulfonamides is 1. The summed E-state index contributed by atoms with van der Waals surface area (Å²) in [7, 11) is -4.18. The highest BCUT2D eigenvalue weighted by Crippen LogP contribution is 2.16. The van der Waals surface area contributed by atoms with Crippen molar-refractivity contribution in [1.29, 1.82) is 0 Å². The Morgan fingerprint density at radius 3 is 2.60 bits per heavy atom. The largest absolute Gasteiger partial charge is 0.481 e. The quantitative estimate of drug-likeness (QED) is 0.619. The van der Waals surface area contributed by atoms with Crippen molar-refractivity contribution in [2.45, 2.75) is 11.3 Å². The van der Waals surface area contributed by atoms with Crippen molar-refractivity contribution < 1.29 is 31.9 Å². The summed E-state index contributed by atoms with van der Waals surface area (Å²) in [6, 6.07) is 1.59. The molecule has 0 spiro atoms. The molecule has 1 atom stereocenters. The van der Waals surface area contributed by atoms with Crippen LogP contribution < -0.4 is 10.0 Å². The number of urea groups is 1. The van der Waals surface area contributed by atoms with E-state index >= 15 is 0 Å². The van der Waals surface area contributed by atoms with Crippen molar-refractivity contribution in [2.75, 3.05) is 26.2 Å². The number of benzene rings is 1. The van der Waals surface area contributed by atoms with Crippen LogP contribution in [0.15, 0.2) is 23.1 Å². The topological polar surface area (TPSA) is 116 Å². The van der Waals surface area contributed by atoms with E-state index in [2.05, 4.69) is 10.0 Å². The molecule has 2 rings (SSSR count). The molecule has 0 saturated carbocycles. The van der Waals surface area contributed by atoms with Crippen molar-refractivity contribution in [3.05, 3.63) is 29.8 Å². The van der Waals surface area contributed by atoms with E-state index < -0.39 is 44.5 Å². The Balaban J connectivity index is 1.80. The number of aliphatic carboxylic acids is 1.